The number of anilines is 1. The molecule has 0 saturated carbocycles. The number of nitrogens with zero attached hydrogens (tertiary/aromatic N) is 2. The van der Waals surface area contributed by atoms with Crippen LogP contribution in [0.4, 0.5) is 5.69 Å². The predicted octanol–water partition coefficient (Wildman–Crippen LogP) is 2.24. The summed E-state index contributed by atoms with van der Waals surface area (Å²) in [6.45, 7) is 10.0. The third kappa shape index (κ3) is 2.85. The van der Waals surface area contributed by atoms with Gasteiger partial charge in [-0.2, -0.15) is 0 Å². The van der Waals surface area contributed by atoms with Gasteiger partial charge in [0.1, 0.15) is 0 Å². The molecule has 0 aliphatic carbocycles. The van der Waals surface area contributed by atoms with E-state index in [2.05, 4.69) is 47.9 Å². The summed E-state index contributed by atoms with van der Waals surface area (Å²) in [7, 11) is 0. The topological polar surface area (TPSA) is 32.5 Å². The predicted molar refractivity (Wildman–Crippen MR) is 78.0 cm³/mol. The van der Waals surface area contributed by atoms with E-state index < -0.39 is 0 Å². The van der Waals surface area contributed by atoms with Crippen LogP contribution in [0.5, 0.6) is 0 Å². The van der Waals surface area contributed by atoms with Crippen LogP contribution in [-0.4, -0.2) is 37.6 Å². The molecule has 1 atom stereocenters. The normalized spacial score (nSPS) is 19.1. The van der Waals surface area contributed by atoms with Crippen molar-refractivity contribution in [3.8, 4) is 0 Å². The lowest BCUT2D eigenvalue weighted by Gasteiger charge is -2.35. The van der Waals surface area contributed by atoms with Gasteiger partial charge in [0.05, 0.1) is 0 Å². The van der Waals surface area contributed by atoms with Crippen LogP contribution in [0.2, 0.25) is 0 Å². The second-order valence-corrected chi connectivity index (χ2v) is 4.97. The molecule has 1 aliphatic heterocycles. The van der Waals surface area contributed by atoms with E-state index in [-0.39, 0.29) is 6.04 Å². The summed E-state index contributed by atoms with van der Waals surface area (Å²) in [6.07, 6.45) is 1.06. The van der Waals surface area contributed by atoms with Gasteiger partial charge in [0.15, 0.2) is 0 Å². The van der Waals surface area contributed by atoms with Crippen LogP contribution in [0.1, 0.15) is 31.9 Å². The number of para-hydroxylation sites is 1. The summed E-state index contributed by atoms with van der Waals surface area (Å²) in [5.74, 6) is 0. The third-order valence-corrected chi connectivity index (χ3v) is 3.97. The fraction of sp³-hybridized carbons (Fsp3) is 0.600. The van der Waals surface area contributed by atoms with Crippen molar-refractivity contribution in [3.05, 3.63) is 29.8 Å². The highest BCUT2D eigenvalue weighted by Gasteiger charge is 2.21. The summed E-state index contributed by atoms with van der Waals surface area (Å²) in [5, 5.41) is 0. The number of fused-ring (bicyclic) bond motifs is 1. The van der Waals surface area contributed by atoms with Gasteiger partial charge < -0.3 is 15.5 Å². The zero-order valence-electron chi connectivity index (χ0n) is 11.6. The Balaban J connectivity index is 2.05. The lowest BCUT2D eigenvalue weighted by atomic mass is 9.97. The number of likely N-dealkylation sites (N-methyl/N-ethyl adjacent to an activating group) is 1. The van der Waals surface area contributed by atoms with Crippen molar-refractivity contribution in [1.82, 2.24) is 4.90 Å². The zero-order valence-corrected chi connectivity index (χ0v) is 11.6. The van der Waals surface area contributed by atoms with Gasteiger partial charge in [-0.1, -0.05) is 32.0 Å². The Morgan fingerprint density at radius 2 is 2.00 bits per heavy atom. The largest absolute Gasteiger partial charge is 0.370 e. The molecular weight excluding hydrogens is 222 g/mol. The van der Waals surface area contributed by atoms with E-state index in [4.69, 9.17) is 5.73 Å². The maximum atomic E-state index is 6.18. The van der Waals surface area contributed by atoms with E-state index in [0.717, 1.165) is 39.1 Å². The summed E-state index contributed by atoms with van der Waals surface area (Å²) < 4.78 is 0. The van der Waals surface area contributed by atoms with Crippen molar-refractivity contribution in [2.45, 2.75) is 26.3 Å². The molecule has 1 aliphatic rings. The van der Waals surface area contributed by atoms with Crippen molar-refractivity contribution in [3.63, 3.8) is 0 Å². The minimum absolute atomic E-state index is 0.214. The van der Waals surface area contributed by atoms with Crippen LogP contribution in [0.25, 0.3) is 0 Å². The molecule has 2 N–H and O–H groups in total. The Morgan fingerprint density at radius 1 is 1.28 bits per heavy atom. The Morgan fingerprint density at radius 3 is 2.72 bits per heavy atom. The number of nitrogens with two attached hydrogens (primary N) is 1. The monoisotopic (exact) mass is 247 g/mol. The van der Waals surface area contributed by atoms with Crippen LogP contribution < -0.4 is 10.6 Å². The summed E-state index contributed by atoms with van der Waals surface area (Å²) in [6, 6.07) is 8.79. The highest BCUT2D eigenvalue weighted by molar-refractivity contribution is 5.56. The van der Waals surface area contributed by atoms with E-state index in [1.807, 2.05) is 0 Å². The third-order valence-electron chi connectivity index (χ3n) is 3.97. The highest BCUT2D eigenvalue weighted by atomic mass is 15.2. The number of hydrogen-bond donors (Lipinski definition) is 1. The van der Waals surface area contributed by atoms with E-state index in [1.54, 1.807) is 0 Å². The average molecular weight is 247 g/mol. The van der Waals surface area contributed by atoms with Gasteiger partial charge in [-0.05, 0) is 31.1 Å². The Kier molecular flexibility index (Phi) is 4.61. The summed E-state index contributed by atoms with van der Waals surface area (Å²) >= 11 is 0. The second-order valence-electron chi connectivity index (χ2n) is 4.97. The Labute approximate surface area is 111 Å². The molecule has 1 aromatic rings. The molecule has 3 nitrogen and oxygen atoms in total. The maximum Gasteiger partial charge on any atom is 0.0415 e. The number of rotatable bonds is 5. The first-order valence-corrected chi connectivity index (χ1v) is 7.08. The molecule has 0 aromatic heterocycles. The van der Waals surface area contributed by atoms with Gasteiger partial charge in [-0.25, -0.2) is 0 Å². The molecule has 0 amide bonds. The lowest BCUT2D eigenvalue weighted by molar-refractivity contribution is 0.308. The van der Waals surface area contributed by atoms with E-state index in [9.17, 15) is 0 Å². The quantitative estimate of drug-likeness (QED) is 0.866. The van der Waals surface area contributed by atoms with Crippen molar-refractivity contribution in [2.75, 3.05) is 37.6 Å². The van der Waals surface area contributed by atoms with Gasteiger partial charge in [0.25, 0.3) is 0 Å². The van der Waals surface area contributed by atoms with Crippen molar-refractivity contribution in [2.24, 2.45) is 5.73 Å². The molecule has 3 heteroatoms. The fourth-order valence-corrected chi connectivity index (χ4v) is 2.69. The molecule has 1 heterocycles. The van der Waals surface area contributed by atoms with Gasteiger partial charge in [-0.3, -0.25) is 0 Å². The van der Waals surface area contributed by atoms with E-state index in [1.165, 1.54) is 11.3 Å². The van der Waals surface area contributed by atoms with Crippen molar-refractivity contribution in [1.29, 1.82) is 0 Å². The molecule has 0 saturated heterocycles. The first-order chi connectivity index (χ1) is 8.76. The molecule has 0 radical (unpaired) electrons. The van der Waals surface area contributed by atoms with Crippen LogP contribution in [0, 0.1) is 0 Å². The van der Waals surface area contributed by atoms with E-state index in [0.29, 0.717) is 0 Å². The highest BCUT2D eigenvalue weighted by Crippen LogP contribution is 2.31. The first kappa shape index (κ1) is 13.4. The summed E-state index contributed by atoms with van der Waals surface area (Å²) in [4.78, 5) is 4.95. The minimum Gasteiger partial charge on any atom is -0.370 e. The van der Waals surface area contributed by atoms with E-state index >= 15 is 0 Å². The zero-order chi connectivity index (χ0) is 13.0. The molecule has 1 aromatic carbocycles. The molecule has 0 bridgehead atoms. The molecule has 1 unspecified atom stereocenters. The smallest absolute Gasteiger partial charge is 0.0415 e. The number of hydrogen-bond acceptors (Lipinski definition) is 3. The second kappa shape index (κ2) is 6.21. The van der Waals surface area contributed by atoms with Gasteiger partial charge >= 0.3 is 0 Å². The first-order valence-electron chi connectivity index (χ1n) is 7.08. The van der Waals surface area contributed by atoms with Gasteiger partial charge in [0, 0.05) is 31.4 Å². The number of benzene rings is 1. The van der Waals surface area contributed by atoms with Crippen LogP contribution in [-0.2, 0) is 0 Å². The summed E-state index contributed by atoms with van der Waals surface area (Å²) in [5.41, 5.74) is 8.82. The maximum absolute atomic E-state index is 6.18. The van der Waals surface area contributed by atoms with Crippen LogP contribution in [0.3, 0.4) is 0 Å². The molecular formula is C15H25N3. The average Bonchev–Trinajstić information content (AvgIpc) is 2.42. The van der Waals surface area contributed by atoms with Crippen LogP contribution in [0.15, 0.2) is 24.3 Å². The Hall–Kier alpha value is -1.06. The van der Waals surface area contributed by atoms with Gasteiger partial charge in [-0.15, -0.1) is 0 Å². The minimum atomic E-state index is 0.214. The fourth-order valence-electron chi connectivity index (χ4n) is 2.69. The standard InChI is InChI=1S/C15H25N3/c1-3-17(4-2)11-12-18-10-9-14(16)13-7-5-6-8-15(13)18/h5-8,14H,3-4,9-12,16H2,1-2H3. The van der Waals surface area contributed by atoms with Crippen LogP contribution >= 0.6 is 0 Å². The molecule has 18 heavy (non-hydrogen) atoms. The lowest BCUT2D eigenvalue weighted by Crippen LogP contribution is -2.39. The van der Waals surface area contributed by atoms with Crippen molar-refractivity contribution >= 4 is 5.69 Å². The van der Waals surface area contributed by atoms with Crippen molar-refractivity contribution < 1.29 is 0 Å². The Bertz CT molecular complexity index is 374. The molecule has 0 fully saturated rings. The molecule has 100 valence electrons. The SMILES string of the molecule is CCN(CC)CCN1CCC(N)c2ccccc21. The van der Waals surface area contributed by atoms with Gasteiger partial charge in [0.2, 0.25) is 0 Å². The molecule has 0 spiro atoms. The molecule has 2 rings (SSSR count).